The number of unbranched alkanes of at least 4 members (excludes halogenated alkanes) is 22. The molecule has 0 spiro atoms. The molecule has 0 radical (unpaired) electrons. The minimum atomic E-state index is -1.27. The van der Waals surface area contributed by atoms with Crippen LogP contribution in [0.15, 0.2) is 24.3 Å². The first-order valence-electron chi connectivity index (χ1n) is 19.5. The summed E-state index contributed by atoms with van der Waals surface area (Å²) in [4.78, 5) is 24.5. The molecular formula is C40H74O6. The fourth-order valence-corrected chi connectivity index (χ4v) is 5.50. The summed E-state index contributed by atoms with van der Waals surface area (Å²) in [6.07, 6.45) is 38.5. The Kier molecular flexibility index (Phi) is 34.9. The van der Waals surface area contributed by atoms with Crippen LogP contribution in [0.1, 0.15) is 194 Å². The molecule has 0 amide bonds. The highest BCUT2D eigenvalue weighted by Gasteiger charge is 2.24. The van der Waals surface area contributed by atoms with Crippen LogP contribution in [0.2, 0.25) is 0 Å². The summed E-state index contributed by atoms with van der Waals surface area (Å²) >= 11 is 0. The second-order valence-corrected chi connectivity index (χ2v) is 13.1. The van der Waals surface area contributed by atoms with Crippen LogP contribution in [0.3, 0.4) is 0 Å². The molecule has 0 saturated heterocycles. The number of aliphatic hydroxyl groups excluding tert-OH is 2. The molecule has 0 aliphatic heterocycles. The van der Waals surface area contributed by atoms with Crippen LogP contribution >= 0.6 is 0 Å². The molecule has 0 aromatic heterocycles. The van der Waals surface area contributed by atoms with Gasteiger partial charge in [-0.05, 0) is 64.2 Å². The van der Waals surface area contributed by atoms with Crippen LogP contribution in [0, 0.1) is 0 Å². The van der Waals surface area contributed by atoms with Crippen LogP contribution in [0.5, 0.6) is 0 Å². The predicted molar refractivity (Wildman–Crippen MR) is 193 cm³/mol. The lowest BCUT2D eigenvalue weighted by atomic mass is 10.1. The van der Waals surface area contributed by atoms with Gasteiger partial charge in [-0.3, -0.25) is 9.59 Å². The third kappa shape index (κ3) is 32.3. The van der Waals surface area contributed by atoms with Crippen molar-refractivity contribution >= 4 is 11.9 Å². The molecule has 0 unspecified atom stereocenters. The summed E-state index contributed by atoms with van der Waals surface area (Å²) in [6, 6.07) is 0. The summed E-state index contributed by atoms with van der Waals surface area (Å²) in [5.74, 6) is -0.787. The smallest absolute Gasteiger partial charge is 0.306 e. The molecule has 0 aromatic rings. The zero-order valence-corrected chi connectivity index (χ0v) is 30.2. The summed E-state index contributed by atoms with van der Waals surface area (Å²) in [5, 5.41) is 19.4. The van der Waals surface area contributed by atoms with Crippen molar-refractivity contribution in [3.63, 3.8) is 0 Å². The lowest BCUT2D eigenvalue weighted by Crippen LogP contribution is -2.38. The Morgan fingerprint density at radius 2 is 0.870 bits per heavy atom. The first-order chi connectivity index (χ1) is 22.5. The van der Waals surface area contributed by atoms with E-state index in [1.807, 2.05) is 0 Å². The quantitative estimate of drug-likeness (QED) is 0.0403. The van der Waals surface area contributed by atoms with Crippen molar-refractivity contribution in [2.45, 2.75) is 206 Å². The molecule has 6 nitrogen and oxygen atoms in total. The van der Waals surface area contributed by atoms with Crippen LogP contribution in [-0.4, -0.2) is 47.6 Å². The van der Waals surface area contributed by atoms with Gasteiger partial charge >= 0.3 is 11.9 Å². The molecule has 6 heteroatoms. The first-order valence-corrected chi connectivity index (χ1v) is 19.5. The van der Waals surface area contributed by atoms with Gasteiger partial charge in [-0.25, -0.2) is 0 Å². The van der Waals surface area contributed by atoms with Gasteiger partial charge in [-0.15, -0.1) is 0 Å². The standard InChI is InChI=1S/C40H74O6/c1-3-5-7-9-11-13-15-17-19-21-23-25-27-29-31-33-39(43)45-36-38(37(42)35-41)46-40(44)34-32-30-28-26-24-22-20-18-16-14-12-10-8-6-4-2/h17-20,37-38,41-42H,3-16,21-36H2,1-2H3/t37-,38+/m1/s1. The maximum Gasteiger partial charge on any atom is 0.306 e. The van der Waals surface area contributed by atoms with Crippen molar-refractivity contribution in [1.82, 2.24) is 0 Å². The van der Waals surface area contributed by atoms with Gasteiger partial charge < -0.3 is 19.7 Å². The Morgan fingerprint density at radius 3 is 1.26 bits per heavy atom. The molecule has 0 heterocycles. The van der Waals surface area contributed by atoms with E-state index in [-0.39, 0.29) is 19.0 Å². The third-order valence-electron chi connectivity index (χ3n) is 8.59. The number of rotatable bonds is 35. The zero-order chi connectivity index (χ0) is 33.8. The SMILES string of the molecule is CCCCCCCCC=CCCCCCCCC(=O)OC[C@H](OC(=O)CCCCCCCC=CCCCCCCCC)[C@H](O)CO. The van der Waals surface area contributed by atoms with Crippen molar-refractivity contribution in [3.05, 3.63) is 24.3 Å². The average Bonchev–Trinajstić information content (AvgIpc) is 3.06. The summed E-state index contributed by atoms with van der Waals surface area (Å²) < 4.78 is 10.6. The monoisotopic (exact) mass is 651 g/mol. The van der Waals surface area contributed by atoms with E-state index in [0.717, 1.165) is 64.2 Å². The average molecular weight is 651 g/mol. The van der Waals surface area contributed by atoms with E-state index in [1.54, 1.807) is 0 Å². The van der Waals surface area contributed by atoms with E-state index in [9.17, 15) is 19.8 Å². The highest BCUT2D eigenvalue weighted by atomic mass is 16.6. The topological polar surface area (TPSA) is 93.1 Å². The fourth-order valence-electron chi connectivity index (χ4n) is 5.50. The van der Waals surface area contributed by atoms with Gasteiger partial charge in [0.05, 0.1) is 6.61 Å². The highest BCUT2D eigenvalue weighted by molar-refractivity contribution is 5.70. The van der Waals surface area contributed by atoms with Gasteiger partial charge in [0, 0.05) is 12.8 Å². The number of carbonyl (C=O) groups is 2. The molecule has 0 saturated carbocycles. The van der Waals surface area contributed by atoms with Crippen molar-refractivity contribution in [1.29, 1.82) is 0 Å². The molecule has 0 bridgehead atoms. The number of ether oxygens (including phenoxy) is 2. The fraction of sp³-hybridized carbons (Fsp3) is 0.850. The third-order valence-corrected chi connectivity index (χ3v) is 8.59. The normalized spacial score (nSPS) is 13.0. The molecule has 2 N–H and O–H groups in total. The van der Waals surface area contributed by atoms with E-state index >= 15 is 0 Å². The van der Waals surface area contributed by atoms with Crippen LogP contribution in [0.25, 0.3) is 0 Å². The van der Waals surface area contributed by atoms with Crippen molar-refractivity contribution in [2.24, 2.45) is 0 Å². The van der Waals surface area contributed by atoms with Crippen molar-refractivity contribution in [3.8, 4) is 0 Å². The van der Waals surface area contributed by atoms with Crippen LogP contribution in [0.4, 0.5) is 0 Å². The summed E-state index contributed by atoms with van der Waals surface area (Å²) in [5.41, 5.74) is 0. The molecular weight excluding hydrogens is 576 g/mol. The van der Waals surface area contributed by atoms with Gasteiger partial charge in [-0.1, -0.05) is 141 Å². The van der Waals surface area contributed by atoms with E-state index in [4.69, 9.17) is 9.47 Å². The first kappa shape index (κ1) is 44.3. The van der Waals surface area contributed by atoms with Gasteiger partial charge in [0.15, 0.2) is 6.10 Å². The Labute approximate surface area is 284 Å². The van der Waals surface area contributed by atoms with Gasteiger partial charge in [0.2, 0.25) is 0 Å². The second-order valence-electron chi connectivity index (χ2n) is 13.1. The van der Waals surface area contributed by atoms with Gasteiger partial charge in [0.25, 0.3) is 0 Å². The molecule has 270 valence electrons. The highest BCUT2D eigenvalue weighted by Crippen LogP contribution is 2.13. The number of esters is 2. The maximum absolute atomic E-state index is 12.3. The van der Waals surface area contributed by atoms with Gasteiger partial charge in [0.1, 0.15) is 12.7 Å². The Bertz CT molecular complexity index is 719. The summed E-state index contributed by atoms with van der Waals surface area (Å²) in [7, 11) is 0. The Hall–Kier alpha value is -1.66. The van der Waals surface area contributed by atoms with E-state index in [0.29, 0.717) is 6.42 Å². The lowest BCUT2D eigenvalue weighted by molar-refractivity contribution is -0.168. The van der Waals surface area contributed by atoms with Crippen LogP contribution < -0.4 is 0 Å². The number of carbonyl (C=O) groups excluding carboxylic acids is 2. The molecule has 2 atom stereocenters. The van der Waals surface area contributed by atoms with Crippen molar-refractivity contribution in [2.75, 3.05) is 13.2 Å². The van der Waals surface area contributed by atoms with E-state index in [2.05, 4.69) is 38.2 Å². The number of hydrogen-bond donors (Lipinski definition) is 2. The number of aliphatic hydroxyl groups is 2. The molecule has 0 aliphatic carbocycles. The van der Waals surface area contributed by atoms with E-state index in [1.165, 1.54) is 103 Å². The molecule has 0 rings (SSSR count). The Morgan fingerprint density at radius 1 is 0.522 bits per heavy atom. The molecule has 46 heavy (non-hydrogen) atoms. The second kappa shape index (κ2) is 36.2. The minimum absolute atomic E-state index is 0.232. The maximum atomic E-state index is 12.3. The zero-order valence-electron chi connectivity index (χ0n) is 30.2. The van der Waals surface area contributed by atoms with Gasteiger partial charge in [-0.2, -0.15) is 0 Å². The largest absolute Gasteiger partial charge is 0.462 e. The molecule has 0 aliphatic rings. The molecule has 0 fully saturated rings. The number of hydrogen-bond acceptors (Lipinski definition) is 6. The van der Waals surface area contributed by atoms with Crippen LogP contribution in [-0.2, 0) is 19.1 Å². The predicted octanol–water partition coefficient (Wildman–Crippen LogP) is 10.9. The lowest BCUT2D eigenvalue weighted by Gasteiger charge is -2.21. The molecule has 0 aromatic carbocycles. The van der Waals surface area contributed by atoms with E-state index < -0.39 is 24.8 Å². The number of allylic oxidation sites excluding steroid dienone is 4. The Balaban J connectivity index is 3.80. The van der Waals surface area contributed by atoms with Crippen molar-refractivity contribution < 1.29 is 29.3 Å². The summed E-state index contributed by atoms with van der Waals surface area (Å²) in [6.45, 7) is 3.71. The minimum Gasteiger partial charge on any atom is -0.462 e.